The molecule has 2 aliphatic heterocycles. The van der Waals surface area contributed by atoms with Gasteiger partial charge in [-0.1, -0.05) is 13.8 Å². The van der Waals surface area contributed by atoms with Gasteiger partial charge in [-0.2, -0.15) is 0 Å². The molecule has 110 valence electrons. The largest absolute Gasteiger partial charge is 0.341 e. The number of rotatable bonds is 2. The zero-order valence-electron chi connectivity index (χ0n) is 11.8. The minimum Gasteiger partial charge on any atom is -0.341 e. The van der Waals surface area contributed by atoms with Gasteiger partial charge in [-0.25, -0.2) is 8.78 Å². The molecule has 5 heteroatoms. The molecule has 2 rings (SSSR count). The molecule has 1 amide bonds. The first-order chi connectivity index (χ1) is 8.89. The van der Waals surface area contributed by atoms with Crippen LogP contribution in [0.25, 0.3) is 0 Å². The molecule has 19 heavy (non-hydrogen) atoms. The summed E-state index contributed by atoms with van der Waals surface area (Å²) in [6, 6.07) is -0.689. The Bertz CT molecular complexity index is 333. The molecule has 0 spiro atoms. The normalized spacial score (nSPS) is 31.5. The van der Waals surface area contributed by atoms with Crippen molar-refractivity contribution in [3.8, 4) is 0 Å². The molecule has 0 aromatic carbocycles. The van der Waals surface area contributed by atoms with E-state index in [1.54, 1.807) is 4.90 Å². The molecular weight excluding hydrogens is 250 g/mol. The third kappa shape index (κ3) is 3.65. The quantitative estimate of drug-likeness (QED) is 0.838. The van der Waals surface area contributed by atoms with Crippen LogP contribution in [-0.2, 0) is 4.79 Å². The van der Waals surface area contributed by atoms with E-state index in [1.165, 1.54) is 0 Å². The highest BCUT2D eigenvalue weighted by Crippen LogP contribution is 2.28. The van der Waals surface area contributed by atoms with Crippen molar-refractivity contribution >= 4 is 5.91 Å². The SMILES string of the molecule is CC(C)C1CCCN(C(=O)C2CC(F)(F)CN2)CC1. The predicted molar refractivity (Wildman–Crippen MR) is 70.1 cm³/mol. The van der Waals surface area contributed by atoms with E-state index in [0.717, 1.165) is 19.3 Å². The molecule has 0 radical (unpaired) electrons. The number of halogens is 2. The number of carbonyl (C=O) groups is 1. The first kappa shape index (κ1) is 14.7. The Morgan fingerprint density at radius 3 is 2.63 bits per heavy atom. The van der Waals surface area contributed by atoms with Gasteiger partial charge in [-0.05, 0) is 31.1 Å². The van der Waals surface area contributed by atoms with Gasteiger partial charge in [0.1, 0.15) is 0 Å². The van der Waals surface area contributed by atoms with Gasteiger partial charge in [0.2, 0.25) is 5.91 Å². The first-order valence-corrected chi connectivity index (χ1v) is 7.29. The molecule has 2 atom stereocenters. The van der Waals surface area contributed by atoms with Crippen molar-refractivity contribution < 1.29 is 13.6 Å². The summed E-state index contributed by atoms with van der Waals surface area (Å²) in [4.78, 5) is 14.0. The average Bonchev–Trinajstić information content (AvgIpc) is 2.57. The van der Waals surface area contributed by atoms with E-state index >= 15 is 0 Å². The van der Waals surface area contributed by atoms with E-state index in [2.05, 4.69) is 19.2 Å². The highest BCUT2D eigenvalue weighted by atomic mass is 19.3. The van der Waals surface area contributed by atoms with E-state index in [1.807, 2.05) is 0 Å². The molecule has 1 N–H and O–H groups in total. The number of nitrogens with one attached hydrogen (secondary N) is 1. The molecule has 0 aliphatic carbocycles. The Morgan fingerprint density at radius 2 is 2.05 bits per heavy atom. The number of hydrogen-bond donors (Lipinski definition) is 1. The maximum Gasteiger partial charge on any atom is 0.262 e. The lowest BCUT2D eigenvalue weighted by Gasteiger charge is -2.24. The Balaban J connectivity index is 1.90. The summed E-state index contributed by atoms with van der Waals surface area (Å²) < 4.78 is 26.3. The van der Waals surface area contributed by atoms with Crippen molar-refractivity contribution in [3.63, 3.8) is 0 Å². The minimum absolute atomic E-state index is 0.137. The third-order valence-electron chi connectivity index (χ3n) is 4.44. The lowest BCUT2D eigenvalue weighted by molar-refractivity contribution is -0.133. The van der Waals surface area contributed by atoms with Crippen LogP contribution in [0.15, 0.2) is 0 Å². The van der Waals surface area contributed by atoms with Crippen LogP contribution in [0.4, 0.5) is 8.78 Å². The molecule has 2 saturated heterocycles. The fourth-order valence-corrected chi connectivity index (χ4v) is 3.12. The summed E-state index contributed by atoms with van der Waals surface area (Å²) in [5.41, 5.74) is 0. The van der Waals surface area contributed by atoms with Gasteiger partial charge >= 0.3 is 0 Å². The summed E-state index contributed by atoms with van der Waals surface area (Å²) in [5.74, 6) is -1.59. The molecule has 0 aromatic rings. The molecule has 2 heterocycles. The van der Waals surface area contributed by atoms with E-state index < -0.39 is 12.0 Å². The maximum atomic E-state index is 13.1. The molecule has 0 aromatic heterocycles. The van der Waals surface area contributed by atoms with Crippen LogP contribution in [0.1, 0.15) is 39.5 Å². The highest BCUT2D eigenvalue weighted by molar-refractivity contribution is 5.82. The van der Waals surface area contributed by atoms with Crippen LogP contribution in [0, 0.1) is 11.8 Å². The first-order valence-electron chi connectivity index (χ1n) is 7.29. The highest BCUT2D eigenvalue weighted by Gasteiger charge is 2.43. The fraction of sp³-hybridized carbons (Fsp3) is 0.929. The standard InChI is InChI=1S/C14H24F2N2O/c1-10(2)11-4-3-6-18(7-5-11)13(19)12-8-14(15,16)9-17-12/h10-12,17H,3-9H2,1-2H3. The number of nitrogens with zero attached hydrogens (tertiary/aromatic N) is 1. The van der Waals surface area contributed by atoms with Crippen molar-refractivity contribution in [1.82, 2.24) is 10.2 Å². The molecule has 2 unspecified atom stereocenters. The van der Waals surface area contributed by atoms with Gasteiger partial charge in [0.05, 0.1) is 12.6 Å². The molecular formula is C14H24F2N2O. The van der Waals surface area contributed by atoms with Crippen molar-refractivity contribution in [2.24, 2.45) is 11.8 Å². The Labute approximate surface area is 113 Å². The predicted octanol–water partition coefficient (Wildman–Crippen LogP) is 2.27. The lowest BCUT2D eigenvalue weighted by atomic mass is 9.89. The van der Waals surface area contributed by atoms with Gasteiger partial charge in [0.15, 0.2) is 0 Å². The number of alkyl halides is 2. The van der Waals surface area contributed by atoms with E-state index in [0.29, 0.717) is 24.9 Å². The lowest BCUT2D eigenvalue weighted by Crippen LogP contribution is -2.44. The topological polar surface area (TPSA) is 32.3 Å². The van der Waals surface area contributed by atoms with Crippen LogP contribution in [0.5, 0.6) is 0 Å². The third-order valence-corrected chi connectivity index (χ3v) is 4.44. The fourth-order valence-electron chi connectivity index (χ4n) is 3.12. The second-order valence-corrected chi connectivity index (χ2v) is 6.25. The summed E-state index contributed by atoms with van der Waals surface area (Å²) in [6.45, 7) is 5.48. The summed E-state index contributed by atoms with van der Waals surface area (Å²) in [6.07, 6.45) is 2.76. The number of hydrogen-bond acceptors (Lipinski definition) is 2. The van der Waals surface area contributed by atoms with Crippen molar-refractivity contribution in [2.75, 3.05) is 19.6 Å². The number of carbonyl (C=O) groups excluding carboxylic acids is 1. The van der Waals surface area contributed by atoms with Crippen LogP contribution in [-0.4, -0.2) is 42.4 Å². The molecule has 2 fully saturated rings. The summed E-state index contributed by atoms with van der Waals surface area (Å²) in [5, 5.41) is 2.66. The van der Waals surface area contributed by atoms with E-state index in [4.69, 9.17) is 0 Å². The second-order valence-electron chi connectivity index (χ2n) is 6.25. The smallest absolute Gasteiger partial charge is 0.262 e. The average molecular weight is 274 g/mol. The van der Waals surface area contributed by atoms with Gasteiger partial charge in [0.25, 0.3) is 5.92 Å². The van der Waals surface area contributed by atoms with Gasteiger partial charge in [-0.3, -0.25) is 10.1 Å². The van der Waals surface area contributed by atoms with Crippen molar-refractivity contribution in [1.29, 1.82) is 0 Å². The van der Waals surface area contributed by atoms with Crippen LogP contribution >= 0.6 is 0 Å². The minimum atomic E-state index is -2.73. The number of likely N-dealkylation sites (tertiary alicyclic amines) is 1. The maximum absolute atomic E-state index is 13.1. The molecule has 0 saturated carbocycles. The van der Waals surface area contributed by atoms with E-state index in [-0.39, 0.29) is 18.9 Å². The molecule has 3 nitrogen and oxygen atoms in total. The van der Waals surface area contributed by atoms with Crippen LogP contribution in [0.3, 0.4) is 0 Å². The molecule has 2 aliphatic rings. The Morgan fingerprint density at radius 1 is 1.32 bits per heavy atom. The zero-order valence-corrected chi connectivity index (χ0v) is 11.8. The van der Waals surface area contributed by atoms with Crippen LogP contribution < -0.4 is 5.32 Å². The second kappa shape index (κ2) is 5.73. The monoisotopic (exact) mass is 274 g/mol. The van der Waals surface area contributed by atoms with Crippen molar-refractivity contribution in [3.05, 3.63) is 0 Å². The van der Waals surface area contributed by atoms with Gasteiger partial charge < -0.3 is 4.90 Å². The Kier molecular flexibility index (Phi) is 4.43. The summed E-state index contributed by atoms with van der Waals surface area (Å²) >= 11 is 0. The molecule has 0 bridgehead atoms. The van der Waals surface area contributed by atoms with Gasteiger partial charge in [0, 0.05) is 19.5 Å². The number of amides is 1. The van der Waals surface area contributed by atoms with Crippen LogP contribution in [0.2, 0.25) is 0 Å². The van der Waals surface area contributed by atoms with E-state index in [9.17, 15) is 13.6 Å². The van der Waals surface area contributed by atoms with Crippen molar-refractivity contribution in [2.45, 2.75) is 51.5 Å². The zero-order chi connectivity index (χ0) is 14.0. The summed E-state index contributed by atoms with van der Waals surface area (Å²) in [7, 11) is 0. The van der Waals surface area contributed by atoms with Gasteiger partial charge in [-0.15, -0.1) is 0 Å². The Hall–Kier alpha value is -0.710.